The molecule has 0 aliphatic carbocycles. The summed E-state index contributed by atoms with van der Waals surface area (Å²) in [4.78, 5) is 0. The zero-order valence-corrected chi connectivity index (χ0v) is 9.38. The van der Waals surface area contributed by atoms with E-state index in [4.69, 9.17) is 10.5 Å². The molecule has 13 heavy (non-hydrogen) atoms. The molecule has 0 saturated carbocycles. The maximum Gasteiger partial charge on any atom is 0.0462 e. The standard InChI is InChI=1S/C11H25NO/c1-10(2)8-11(9-12)6-4-5-7-13-3/h10-11H,4-9,12H2,1-3H3. The van der Waals surface area contributed by atoms with E-state index >= 15 is 0 Å². The van der Waals surface area contributed by atoms with E-state index < -0.39 is 0 Å². The van der Waals surface area contributed by atoms with E-state index in [0.717, 1.165) is 25.0 Å². The molecule has 0 amide bonds. The van der Waals surface area contributed by atoms with Crippen molar-refractivity contribution in [2.24, 2.45) is 17.6 Å². The lowest BCUT2D eigenvalue weighted by Crippen LogP contribution is -2.16. The van der Waals surface area contributed by atoms with E-state index in [-0.39, 0.29) is 0 Å². The quantitative estimate of drug-likeness (QED) is 0.592. The summed E-state index contributed by atoms with van der Waals surface area (Å²) >= 11 is 0. The van der Waals surface area contributed by atoms with Gasteiger partial charge in [-0.2, -0.15) is 0 Å². The number of rotatable bonds is 8. The Morgan fingerprint density at radius 3 is 2.38 bits per heavy atom. The van der Waals surface area contributed by atoms with Crippen molar-refractivity contribution in [3.8, 4) is 0 Å². The Kier molecular flexibility index (Phi) is 8.46. The van der Waals surface area contributed by atoms with Gasteiger partial charge >= 0.3 is 0 Å². The van der Waals surface area contributed by atoms with Gasteiger partial charge in [0.1, 0.15) is 0 Å². The van der Waals surface area contributed by atoms with Gasteiger partial charge in [-0.3, -0.25) is 0 Å². The summed E-state index contributed by atoms with van der Waals surface area (Å²) in [6, 6.07) is 0. The summed E-state index contributed by atoms with van der Waals surface area (Å²) in [5.41, 5.74) is 5.70. The van der Waals surface area contributed by atoms with Crippen LogP contribution in [-0.2, 0) is 4.74 Å². The van der Waals surface area contributed by atoms with Gasteiger partial charge in [-0.15, -0.1) is 0 Å². The number of ether oxygens (including phenoxy) is 1. The van der Waals surface area contributed by atoms with E-state index in [1.807, 2.05) is 0 Å². The number of methoxy groups -OCH3 is 1. The van der Waals surface area contributed by atoms with Crippen molar-refractivity contribution in [2.45, 2.75) is 39.5 Å². The van der Waals surface area contributed by atoms with Crippen molar-refractivity contribution in [3.63, 3.8) is 0 Å². The van der Waals surface area contributed by atoms with Gasteiger partial charge in [-0.1, -0.05) is 20.3 Å². The first-order chi connectivity index (χ1) is 6.20. The molecule has 0 heterocycles. The van der Waals surface area contributed by atoms with Gasteiger partial charge in [0.25, 0.3) is 0 Å². The van der Waals surface area contributed by atoms with Crippen LogP contribution in [0.3, 0.4) is 0 Å². The largest absolute Gasteiger partial charge is 0.385 e. The summed E-state index contributed by atoms with van der Waals surface area (Å²) in [6.45, 7) is 6.25. The monoisotopic (exact) mass is 187 g/mol. The molecule has 0 bridgehead atoms. The van der Waals surface area contributed by atoms with Crippen LogP contribution in [0.15, 0.2) is 0 Å². The maximum atomic E-state index is 5.70. The molecule has 0 spiro atoms. The number of unbranched alkanes of at least 4 members (excludes halogenated alkanes) is 1. The minimum Gasteiger partial charge on any atom is -0.385 e. The van der Waals surface area contributed by atoms with Crippen molar-refractivity contribution in [1.82, 2.24) is 0 Å². The number of hydrogen-bond acceptors (Lipinski definition) is 2. The van der Waals surface area contributed by atoms with Gasteiger partial charge < -0.3 is 10.5 Å². The second-order valence-corrected chi connectivity index (χ2v) is 4.22. The molecule has 0 aromatic carbocycles. The Bertz CT molecular complexity index is 104. The molecule has 0 rings (SSSR count). The molecule has 1 unspecified atom stereocenters. The molecule has 0 aromatic heterocycles. The third kappa shape index (κ3) is 8.26. The summed E-state index contributed by atoms with van der Waals surface area (Å²) in [6.07, 6.45) is 4.95. The van der Waals surface area contributed by atoms with Crippen LogP contribution >= 0.6 is 0 Å². The highest BCUT2D eigenvalue weighted by atomic mass is 16.5. The van der Waals surface area contributed by atoms with Crippen LogP contribution in [0.2, 0.25) is 0 Å². The van der Waals surface area contributed by atoms with Crippen LogP contribution in [-0.4, -0.2) is 20.3 Å². The molecular formula is C11H25NO. The highest BCUT2D eigenvalue weighted by Gasteiger charge is 2.08. The Morgan fingerprint density at radius 1 is 1.23 bits per heavy atom. The van der Waals surface area contributed by atoms with Gasteiger partial charge in [0.2, 0.25) is 0 Å². The first-order valence-corrected chi connectivity index (χ1v) is 5.39. The van der Waals surface area contributed by atoms with Crippen LogP contribution in [0.4, 0.5) is 0 Å². The SMILES string of the molecule is COCCCCC(CN)CC(C)C. The molecule has 2 heteroatoms. The van der Waals surface area contributed by atoms with Crippen molar-refractivity contribution in [2.75, 3.05) is 20.3 Å². The topological polar surface area (TPSA) is 35.2 Å². The second-order valence-electron chi connectivity index (χ2n) is 4.22. The van der Waals surface area contributed by atoms with Gasteiger partial charge in [0.15, 0.2) is 0 Å². The van der Waals surface area contributed by atoms with Gasteiger partial charge in [-0.05, 0) is 37.6 Å². The third-order valence-corrected chi connectivity index (χ3v) is 2.35. The molecule has 2 N–H and O–H groups in total. The Hall–Kier alpha value is -0.0800. The highest BCUT2D eigenvalue weighted by Crippen LogP contribution is 2.16. The first kappa shape index (κ1) is 12.9. The summed E-state index contributed by atoms with van der Waals surface area (Å²) in [7, 11) is 1.76. The molecule has 80 valence electrons. The zero-order chi connectivity index (χ0) is 10.1. The minimum absolute atomic E-state index is 0.719. The summed E-state index contributed by atoms with van der Waals surface area (Å²) in [5.74, 6) is 1.49. The normalized spacial score (nSPS) is 13.6. The van der Waals surface area contributed by atoms with Crippen LogP contribution < -0.4 is 5.73 Å². The van der Waals surface area contributed by atoms with E-state index in [9.17, 15) is 0 Å². The smallest absolute Gasteiger partial charge is 0.0462 e. The molecule has 1 atom stereocenters. The van der Waals surface area contributed by atoms with Crippen molar-refractivity contribution < 1.29 is 4.74 Å². The van der Waals surface area contributed by atoms with Crippen LogP contribution in [0, 0.1) is 11.8 Å². The highest BCUT2D eigenvalue weighted by molar-refractivity contribution is 4.62. The summed E-state index contributed by atoms with van der Waals surface area (Å²) < 4.78 is 5.01. The van der Waals surface area contributed by atoms with Crippen LogP contribution in [0.25, 0.3) is 0 Å². The number of hydrogen-bond donors (Lipinski definition) is 1. The molecule has 0 radical (unpaired) electrons. The Labute approximate surface area is 82.8 Å². The molecule has 0 aliphatic heterocycles. The summed E-state index contributed by atoms with van der Waals surface area (Å²) in [5, 5.41) is 0. The third-order valence-electron chi connectivity index (χ3n) is 2.35. The Morgan fingerprint density at radius 2 is 1.92 bits per heavy atom. The van der Waals surface area contributed by atoms with Crippen molar-refractivity contribution >= 4 is 0 Å². The van der Waals surface area contributed by atoms with Crippen molar-refractivity contribution in [1.29, 1.82) is 0 Å². The number of nitrogens with two attached hydrogens (primary N) is 1. The molecule has 0 aliphatic rings. The second kappa shape index (κ2) is 8.52. The predicted molar refractivity (Wildman–Crippen MR) is 57.7 cm³/mol. The van der Waals surface area contributed by atoms with Gasteiger partial charge in [0.05, 0.1) is 0 Å². The minimum atomic E-state index is 0.719. The molecule has 2 nitrogen and oxygen atoms in total. The lowest BCUT2D eigenvalue weighted by molar-refractivity contribution is 0.189. The average molecular weight is 187 g/mol. The molecule has 0 aromatic rings. The predicted octanol–water partition coefficient (Wildman–Crippen LogP) is 2.42. The van der Waals surface area contributed by atoms with Gasteiger partial charge in [0, 0.05) is 13.7 Å². The Balaban J connectivity index is 3.36. The lowest BCUT2D eigenvalue weighted by atomic mass is 9.92. The molecule has 0 fully saturated rings. The van der Waals surface area contributed by atoms with Crippen LogP contribution in [0.5, 0.6) is 0 Å². The fourth-order valence-electron chi connectivity index (χ4n) is 1.68. The fourth-order valence-corrected chi connectivity index (χ4v) is 1.68. The van der Waals surface area contributed by atoms with E-state index in [1.54, 1.807) is 7.11 Å². The van der Waals surface area contributed by atoms with Crippen LogP contribution in [0.1, 0.15) is 39.5 Å². The fraction of sp³-hybridized carbons (Fsp3) is 1.00. The van der Waals surface area contributed by atoms with E-state index in [0.29, 0.717) is 0 Å². The lowest BCUT2D eigenvalue weighted by Gasteiger charge is -2.16. The maximum absolute atomic E-state index is 5.70. The average Bonchev–Trinajstić information content (AvgIpc) is 2.09. The van der Waals surface area contributed by atoms with Gasteiger partial charge in [-0.25, -0.2) is 0 Å². The molecule has 0 saturated heterocycles. The van der Waals surface area contributed by atoms with E-state index in [2.05, 4.69) is 13.8 Å². The first-order valence-electron chi connectivity index (χ1n) is 5.39. The van der Waals surface area contributed by atoms with E-state index in [1.165, 1.54) is 25.7 Å². The molecular weight excluding hydrogens is 162 g/mol. The van der Waals surface area contributed by atoms with Crippen molar-refractivity contribution in [3.05, 3.63) is 0 Å². The zero-order valence-electron chi connectivity index (χ0n) is 9.38.